The number of anilines is 1. The van der Waals surface area contributed by atoms with Crippen LogP contribution in [0.1, 0.15) is 69.8 Å². The number of likely N-dealkylation sites (tertiary alicyclic amines) is 1. The first-order valence-electron chi connectivity index (χ1n) is 13.4. The van der Waals surface area contributed by atoms with Crippen LogP contribution in [-0.2, 0) is 4.74 Å². The van der Waals surface area contributed by atoms with Gasteiger partial charge < -0.3 is 19.9 Å². The van der Waals surface area contributed by atoms with Crippen LogP contribution in [0.3, 0.4) is 0 Å². The highest BCUT2D eigenvalue weighted by molar-refractivity contribution is 5.86. The average Bonchev–Trinajstić information content (AvgIpc) is 3.39. The van der Waals surface area contributed by atoms with Crippen LogP contribution in [0, 0.1) is 0 Å². The molecular formula is C26H36F3N5O3. The molecule has 2 saturated heterocycles. The Morgan fingerprint density at radius 1 is 1.11 bits per heavy atom. The zero-order valence-electron chi connectivity index (χ0n) is 21.2. The van der Waals surface area contributed by atoms with Gasteiger partial charge in [0.05, 0.1) is 30.0 Å². The van der Waals surface area contributed by atoms with Crippen molar-refractivity contribution >= 4 is 16.9 Å². The van der Waals surface area contributed by atoms with Gasteiger partial charge in [-0.2, -0.15) is 13.2 Å². The lowest BCUT2D eigenvalue weighted by molar-refractivity contribution is -0.136. The van der Waals surface area contributed by atoms with Crippen LogP contribution in [0.25, 0.3) is 10.9 Å². The van der Waals surface area contributed by atoms with Gasteiger partial charge in [0.2, 0.25) is 11.8 Å². The van der Waals surface area contributed by atoms with Gasteiger partial charge in [-0.3, -0.25) is 4.90 Å². The fourth-order valence-corrected chi connectivity index (χ4v) is 5.81. The lowest BCUT2D eigenvalue weighted by atomic mass is 9.83. The molecule has 0 bridgehead atoms. The summed E-state index contributed by atoms with van der Waals surface area (Å²) in [5.74, 6) is 0.789. The van der Waals surface area contributed by atoms with Crippen LogP contribution >= 0.6 is 0 Å². The van der Waals surface area contributed by atoms with E-state index < -0.39 is 18.6 Å². The van der Waals surface area contributed by atoms with Gasteiger partial charge in [0.25, 0.3) is 0 Å². The molecule has 2 aromatic rings. The van der Waals surface area contributed by atoms with Gasteiger partial charge in [0.15, 0.2) is 0 Å². The van der Waals surface area contributed by atoms with E-state index in [1.807, 2.05) is 0 Å². The first-order chi connectivity index (χ1) is 17.7. The second kappa shape index (κ2) is 11.2. The molecule has 3 fully saturated rings. The van der Waals surface area contributed by atoms with Crippen LogP contribution in [0.15, 0.2) is 12.4 Å². The van der Waals surface area contributed by atoms with E-state index in [9.17, 15) is 18.3 Å². The number of alkyl halides is 3. The molecule has 4 heterocycles. The normalized spacial score (nSPS) is 26.9. The number of nitrogens with one attached hydrogen (secondary N) is 1. The number of pyridine rings is 1. The molecule has 0 spiro atoms. The van der Waals surface area contributed by atoms with Crippen molar-refractivity contribution in [2.45, 2.75) is 94.7 Å². The van der Waals surface area contributed by atoms with Crippen molar-refractivity contribution in [3.63, 3.8) is 0 Å². The number of hydrogen-bond donors (Lipinski definition) is 2. The summed E-state index contributed by atoms with van der Waals surface area (Å²) in [6, 6.07) is -0.369. The number of fused-ring (bicyclic) bond motifs is 1. The summed E-state index contributed by atoms with van der Waals surface area (Å²) in [7, 11) is 0. The van der Waals surface area contributed by atoms with Crippen molar-refractivity contribution in [2.75, 3.05) is 31.6 Å². The third-order valence-corrected chi connectivity index (χ3v) is 7.84. The summed E-state index contributed by atoms with van der Waals surface area (Å²) in [5.41, 5.74) is 1.59. The molecule has 2 aliphatic heterocycles. The monoisotopic (exact) mass is 523 g/mol. The number of aliphatic hydroxyl groups excluding tert-OH is 1. The lowest BCUT2D eigenvalue weighted by Gasteiger charge is -2.35. The highest BCUT2D eigenvalue weighted by atomic mass is 19.4. The molecule has 8 nitrogen and oxygen atoms in total. The van der Waals surface area contributed by atoms with E-state index in [2.05, 4.69) is 25.2 Å². The molecule has 5 rings (SSSR count). The Hall–Kier alpha value is -2.24. The predicted octanol–water partition coefficient (Wildman–Crippen LogP) is 4.43. The molecule has 11 heteroatoms. The quantitative estimate of drug-likeness (QED) is 0.551. The van der Waals surface area contributed by atoms with Crippen LogP contribution < -0.4 is 10.1 Å². The molecule has 1 saturated carbocycles. The van der Waals surface area contributed by atoms with Crippen molar-refractivity contribution in [3.8, 4) is 5.88 Å². The number of rotatable bonds is 7. The van der Waals surface area contributed by atoms with Gasteiger partial charge in [-0.25, -0.2) is 15.0 Å². The van der Waals surface area contributed by atoms with Gasteiger partial charge in [-0.1, -0.05) is 0 Å². The van der Waals surface area contributed by atoms with Crippen LogP contribution in [-0.4, -0.2) is 81.7 Å². The van der Waals surface area contributed by atoms with Gasteiger partial charge in [0.1, 0.15) is 6.10 Å². The van der Waals surface area contributed by atoms with Crippen molar-refractivity contribution < 1.29 is 27.8 Å². The summed E-state index contributed by atoms with van der Waals surface area (Å²) < 4.78 is 50.5. The molecular weight excluding hydrogens is 487 g/mol. The molecule has 0 unspecified atom stereocenters. The van der Waals surface area contributed by atoms with E-state index in [1.165, 1.54) is 6.92 Å². The minimum absolute atomic E-state index is 0.0227. The predicted molar refractivity (Wildman–Crippen MR) is 133 cm³/mol. The Morgan fingerprint density at radius 2 is 1.86 bits per heavy atom. The average molecular weight is 524 g/mol. The molecule has 2 atom stereocenters. The summed E-state index contributed by atoms with van der Waals surface area (Å²) in [6.45, 7) is 4.99. The van der Waals surface area contributed by atoms with Crippen LogP contribution in [0.5, 0.6) is 5.88 Å². The molecule has 37 heavy (non-hydrogen) atoms. The van der Waals surface area contributed by atoms with Crippen LogP contribution in [0.4, 0.5) is 19.1 Å². The minimum Gasteiger partial charge on any atom is -0.474 e. The second-order valence-corrected chi connectivity index (χ2v) is 10.7. The third-order valence-electron chi connectivity index (χ3n) is 7.84. The molecule has 2 aromatic heterocycles. The number of nitrogens with zero attached hydrogens (tertiary/aromatic N) is 4. The summed E-state index contributed by atoms with van der Waals surface area (Å²) >= 11 is 0. The first kappa shape index (κ1) is 26.4. The Kier molecular flexibility index (Phi) is 8.02. The minimum atomic E-state index is -4.28. The number of aliphatic hydroxyl groups is 1. The topological polar surface area (TPSA) is 92.6 Å². The van der Waals surface area contributed by atoms with E-state index in [0.29, 0.717) is 35.7 Å². The van der Waals surface area contributed by atoms with Crippen molar-refractivity contribution in [1.29, 1.82) is 0 Å². The number of hydrogen-bond acceptors (Lipinski definition) is 8. The Bertz CT molecular complexity index is 1050. The third kappa shape index (κ3) is 6.61. The zero-order valence-corrected chi connectivity index (χ0v) is 21.2. The molecule has 1 aliphatic carbocycles. The number of aromatic nitrogens is 3. The van der Waals surface area contributed by atoms with Gasteiger partial charge in [-0.15, -0.1) is 0 Å². The maximum atomic E-state index is 12.9. The molecule has 0 amide bonds. The van der Waals surface area contributed by atoms with Gasteiger partial charge in [-0.05, 0) is 57.8 Å². The summed E-state index contributed by atoms with van der Waals surface area (Å²) in [6.07, 6.45) is 3.74. The molecule has 0 aromatic carbocycles. The van der Waals surface area contributed by atoms with Crippen molar-refractivity contribution in [2.24, 2.45) is 0 Å². The van der Waals surface area contributed by atoms with E-state index in [0.717, 1.165) is 64.0 Å². The smallest absolute Gasteiger partial charge is 0.391 e. The summed E-state index contributed by atoms with van der Waals surface area (Å²) in [5, 5.41) is 13.4. The van der Waals surface area contributed by atoms with Gasteiger partial charge in [0, 0.05) is 49.7 Å². The second-order valence-electron chi connectivity index (χ2n) is 10.7. The SMILES string of the molecule is C[C@@H](CC(F)(F)F)Nc1ncc2c(OC3CCN([C@H]4CCOC4)CC3)ncc(C3CCC(O)CC3)c2n1. The fourth-order valence-electron chi connectivity index (χ4n) is 5.81. The van der Waals surface area contributed by atoms with E-state index in [1.54, 1.807) is 12.4 Å². The number of piperidine rings is 1. The van der Waals surface area contributed by atoms with Crippen molar-refractivity contribution in [1.82, 2.24) is 19.9 Å². The highest BCUT2D eigenvalue weighted by Gasteiger charge is 2.32. The molecule has 2 N–H and O–H groups in total. The highest BCUT2D eigenvalue weighted by Crippen LogP contribution is 2.38. The standard InChI is InChI=1S/C26H36F3N5O3/c1-16(12-26(27,28)29)32-25-31-14-22-23(33-25)21(17-2-4-19(35)5-3-17)13-30-24(22)37-20-6-9-34(10-7-20)18-8-11-36-15-18/h13-14,16-20,35H,2-12,15H2,1H3,(H,31,32,33)/t16-,17?,18-,19?/m0/s1. The van der Waals surface area contributed by atoms with E-state index >= 15 is 0 Å². The number of halogens is 3. The molecule has 204 valence electrons. The molecule has 0 radical (unpaired) electrons. The summed E-state index contributed by atoms with van der Waals surface area (Å²) in [4.78, 5) is 16.1. The maximum Gasteiger partial charge on any atom is 0.391 e. The number of ether oxygens (including phenoxy) is 2. The Morgan fingerprint density at radius 3 is 2.54 bits per heavy atom. The largest absolute Gasteiger partial charge is 0.474 e. The zero-order chi connectivity index (χ0) is 26.0. The lowest BCUT2D eigenvalue weighted by Crippen LogP contribution is -2.44. The Balaban J connectivity index is 1.36. The van der Waals surface area contributed by atoms with E-state index in [4.69, 9.17) is 9.47 Å². The maximum absolute atomic E-state index is 12.9. The van der Waals surface area contributed by atoms with Crippen molar-refractivity contribution in [3.05, 3.63) is 18.0 Å². The first-order valence-corrected chi connectivity index (χ1v) is 13.4. The fraction of sp³-hybridized carbons (Fsp3) is 0.731. The molecule has 3 aliphatic rings. The van der Waals surface area contributed by atoms with E-state index in [-0.39, 0.29) is 24.1 Å². The van der Waals surface area contributed by atoms with Gasteiger partial charge >= 0.3 is 6.18 Å². The Labute approximate surface area is 215 Å². The van der Waals surface area contributed by atoms with Crippen LogP contribution in [0.2, 0.25) is 0 Å².